The second-order valence-electron chi connectivity index (χ2n) is 5.28. The van der Waals surface area contributed by atoms with Gasteiger partial charge < -0.3 is 9.73 Å². The van der Waals surface area contributed by atoms with E-state index in [0.29, 0.717) is 5.76 Å². The largest absolute Gasteiger partial charge is 0.451 e. The number of thiophene rings is 1. The van der Waals surface area contributed by atoms with Crippen LogP contribution in [0.3, 0.4) is 0 Å². The van der Waals surface area contributed by atoms with E-state index in [4.69, 9.17) is 4.42 Å². The molecular weight excluding hydrogens is 294 g/mol. The van der Waals surface area contributed by atoms with Crippen LogP contribution < -0.4 is 5.32 Å². The van der Waals surface area contributed by atoms with Gasteiger partial charge in [0.15, 0.2) is 5.76 Å². The van der Waals surface area contributed by atoms with Crippen LogP contribution in [0, 0.1) is 6.92 Å². The molecule has 1 amide bonds. The highest BCUT2D eigenvalue weighted by atomic mass is 32.1. The number of carbonyl (C=O) groups excluding carboxylic acids is 1. The van der Waals surface area contributed by atoms with Crippen LogP contribution in [0.1, 0.15) is 16.1 Å². The Morgan fingerprint density at radius 1 is 1.05 bits per heavy atom. The molecule has 0 radical (unpaired) electrons. The lowest BCUT2D eigenvalue weighted by Crippen LogP contribution is -2.10. The number of aryl methyl sites for hydroxylation is 1. The van der Waals surface area contributed by atoms with E-state index in [1.807, 2.05) is 54.8 Å². The number of fused-ring (bicyclic) bond motifs is 2. The van der Waals surface area contributed by atoms with Gasteiger partial charge in [-0.05, 0) is 60.2 Å². The van der Waals surface area contributed by atoms with Crippen molar-refractivity contribution in [2.45, 2.75) is 6.92 Å². The minimum absolute atomic E-state index is 0.233. The molecule has 4 heteroatoms. The monoisotopic (exact) mass is 307 g/mol. The van der Waals surface area contributed by atoms with Gasteiger partial charge >= 0.3 is 0 Å². The number of furan rings is 1. The van der Waals surface area contributed by atoms with E-state index >= 15 is 0 Å². The lowest BCUT2D eigenvalue weighted by Gasteiger charge is -2.03. The maximum absolute atomic E-state index is 12.3. The summed E-state index contributed by atoms with van der Waals surface area (Å²) in [5, 5.41) is 7.00. The molecule has 22 heavy (non-hydrogen) atoms. The summed E-state index contributed by atoms with van der Waals surface area (Å²) in [7, 11) is 0. The standard InChI is InChI=1S/C18H13NO2S/c1-11-2-4-15-13(8-11)10-16(21-15)18(20)19-14-3-5-17-12(9-14)6-7-22-17/h2-10H,1H3,(H,19,20). The highest BCUT2D eigenvalue weighted by molar-refractivity contribution is 7.17. The summed E-state index contributed by atoms with van der Waals surface area (Å²) in [6.07, 6.45) is 0. The first-order valence-corrected chi connectivity index (χ1v) is 7.86. The van der Waals surface area contributed by atoms with E-state index in [2.05, 4.69) is 5.32 Å². The molecule has 0 fully saturated rings. The predicted octanol–water partition coefficient (Wildman–Crippen LogP) is 5.21. The molecular formula is C18H13NO2S. The van der Waals surface area contributed by atoms with Gasteiger partial charge in [-0.25, -0.2) is 0 Å². The van der Waals surface area contributed by atoms with Gasteiger partial charge in [-0.15, -0.1) is 11.3 Å². The zero-order valence-corrected chi connectivity index (χ0v) is 12.7. The third kappa shape index (κ3) is 2.27. The third-order valence-corrected chi connectivity index (χ3v) is 4.50. The minimum Gasteiger partial charge on any atom is -0.451 e. The Morgan fingerprint density at radius 3 is 2.86 bits per heavy atom. The molecule has 2 aromatic carbocycles. The topological polar surface area (TPSA) is 42.2 Å². The van der Waals surface area contributed by atoms with Crippen LogP contribution >= 0.6 is 11.3 Å². The van der Waals surface area contributed by atoms with Gasteiger partial charge in [-0.2, -0.15) is 0 Å². The van der Waals surface area contributed by atoms with Crippen molar-refractivity contribution >= 4 is 44.0 Å². The summed E-state index contributed by atoms with van der Waals surface area (Å²) in [6.45, 7) is 2.02. The van der Waals surface area contributed by atoms with Crippen molar-refractivity contribution in [1.82, 2.24) is 0 Å². The first kappa shape index (κ1) is 13.1. The summed E-state index contributed by atoms with van der Waals surface area (Å²) in [4.78, 5) is 12.3. The molecule has 0 spiro atoms. The second kappa shape index (κ2) is 5.00. The van der Waals surface area contributed by atoms with Gasteiger partial charge in [0.25, 0.3) is 5.91 Å². The molecule has 2 aromatic heterocycles. The number of hydrogen-bond acceptors (Lipinski definition) is 3. The van der Waals surface area contributed by atoms with Crippen molar-refractivity contribution in [2.24, 2.45) is 0 Å². The Labute approximate surface area is 131 Å². The van der Waals surface area contributed by atoms with E-state index in [-0.39, 0.29) is 5.91 Å². The quantitative estimate of drug-likeness (QED) is 0.552. The molecule has 4 aromatic rings. The molecule has 0 aliphatic carbocycles. The fourth-order valence-corrected chi connectivity index (χ4v) is 3.28. The number of nitrogens with one attached hydrogen (secondary N) is 1. The minimum atomic E-state index is -0.233. The van der Waals surface area contributed by atoms with Crippen molar-refractivity contribution in [3.8, 4) is 0 Å². The average Bonchev–Trinajstić information content (AvgIpc) is 3.12. The molecule has 1 N–H and O–H groups in total. The van der Waals surface area contributed by atoms with E-state index in [9.17, 15) is 4.79 Å². The van der Waals surface area contributed by atoms with E-state index in [1.165, 1.54) is 4.70 Å². The summed E-state index contributed by atoms with van der Waals surface area (Å²) >= 11 is 1.68. The predicted molar refractivity (Wildman–Crippen MR) is 90.7 cm³/mol. The van der Waals surface area contributed by atoms with E-state index < -0.39 is 0 Å². The molecule has 0 atom stereocenters. The lowest BCUT2D eigenvalue weighted by molar-refractivity contribution is 0.0998. The maximum Gasteiger partial charge on any atom is 0.291 e. The maximum atomic E-state index is 12.3. The highest BCUT2D eigenvalue weighted by Crippen LogP contribution is 2.25. The lowest BCUT2D eigenvalue weighted by atomic mass is 10.2. The van der Waals surface area contributed by atoms with Gasteiger partial charge in [-0.3, -0.25) is 4.79 Å². The van der Waals surface area contributed by atoms with Crippen molar-refractivity contribution < 1.29 is 9.21 Å². The number of anilines is 1. The van der Waals surface area contributed by atoms with Gasteiger partial charge in [0, 0.05) is 15.8 Å². The van der Waals surface area contributed by atoms with E-state index in [0.717, 1.165) is 27.6 Å². The zero-order valence-electron chi connectivity index (χ0n) is 11.9. The Bertz CT molecular complexity index is 997. The summed E-state index contributed by atoms with van der Waals surface area (Å²) in [5.41, 5.74) is 2.64. The zero-order chi connectivity index (χ0) is 15.1. The van der Waals surface area contributed by atoms with Crippen LogP contribution in [0.4, 0.5) is 5.69 Å². The van der Waals surface area contributed by atoms with Crippen molar-refractivity contribution in [2.75, 3.05) is 5.32 Å². The molecule has 3 nitrogen and oxygen atoms in total. The molecule has 0 saturated heterocycles. The fraction of sp³-hybridized carbons (Fsp3) is 0.0556. The third-order valence-electron chi connectivity index (χ3n) is 3.61. The number of benzene rings is 2. The van der Waals surface area contributed by atoms with Gasteiger partial charge in [-0.1, -0.05) is 11.6 Å². The van der Waals surface area contributed by atoms with Crippen LogP contribution in [0.25, 0.3) is 21.1 Å². The Hall–Kier alpha value is -2.59. The first-order chi connectivity index (χ1) is 10.7. The normalized spacial score (nSPS) is 11.1. The molecule has 0 aliphatic heterocycles. The van der Waals surface area contributed by atoms with Crippen molar-refractivity contribution in [3.05, 3.63) is 65.2 Å². The Balaban J connectivity index is 1.64. The fourth-order valence-electron chi connectivity index (χ4n) is 2.51. The number of rotatable bonds is 2. The SMILES string of the molecule is Cc1ccc2oc(C(=O)Nc3ccc4sccc4c3)cc2c1. The summed E-state index contributed by atoms with van der Waals surface area (Å²) in [5.74, 6) is 0.0921. The van der Waals surface area contributed by atoms with Gasteiger partial charge in [0.1, 0.15) is 5.58 Å². The molecule has 108 valence electrons. The highest BCUT2D eigenvalue weighted by Gasteiger charge is 2.13. The molecule has 4 rings (SSSR count). The smallest absolute Gasteiger partial charge is 0.291 e. The number of amides is 1. The Morgan fingerprint density at radius 2 is 1.95 bits per heavy atom. The molecule has 2 heterocycles. The van der Waals surface area contributed by atoms with Crippen LogP contribution in [0.5, 0.6) is 0 Å². The molecule has 0 aliphatic rings. The number of hydrogen-bond donors (Lipinski definition) is 1. The summed E-state index contributed by atoms with van der Waals surface area (Å²) in [6, 6.07) is 15.6. The summed E-state index contributed by atoms with van der Waals surface area (Å²) < 4.78 is 6.83. The van der Waals surface area contributed by atoms with E-state index in [1.54, 1.807) is 17.4 Å². The van der Waals surface area contributed by atoms with Crippen LogP contribution in [0.15, 0.2) is 58.3 Å². The molecule has 0 bridgehead atoms. The van der Waals surface area contributed by atoms with Crippen molar-refractivity contribution in [3.63, 3.8) is 0 Å². The number of carbonyl (C=O) groups is 1. The van der Waals surface area contributed by atoms with Crippen LogP contribution in [-0.4, -0.2) is 5.91 Å². The second-order valence-corrected chi connectivity index (χ2v) is 6.23. The van der Waals surface area contributed by atoms with Gasteiger partial charge in [0.05, 0.1) is 0 Å². The van der Waals surface area contributed by atoms with Gasteiger partial charge in [0.2, 0.25) is 0 Å². The van der Waals surface area contributed by atoms with Crippen LogP contribution in [-0.2, 0) is 0 Å². The molecule has 0 saturated carbocycles. The van der Waals surface area contributed by atoms with Crippen molar-refractivity contribution in [1.29, 1.82) is 0 Å². The van der Waals surface area contributed by atoms with Crippen LogP contribution in [0.2, 0.25) is 0 Å². The molecule has 0 unspecified atom stereocenters. The first-order valence-electron chi connectivity index (χ1n) is 6.98. The Kier molecular flexibility index (Phi) is 2.98. The average molecular weight is 307 g/mol.